The number of carboxylic acids is 1. The van der Waals surface area contributed by atoms with E-state index < -0.39 is 5.97 Å². The van der Waals surface area contributed by atoms with E-state index in [9.17, 15) is 14.7 Å². The molecule has 5 heteroatoms. The number of aryl methyl sites for hydroxylation is 1. The molecule has 0 aliphatic rings. The average Bonchev–Trinajstić information content (AvgIpc) is 2.47. The van der Waals surface area contributed by atoms with Crippen molar-refractivity contribution in [1.82, 2.24) is 0 Å². The standard InChI is InChI=1S/C16H15NO4/c1-10-5-3-4-6-12(10)15(18)17-14-9-11(21-2)7-8-13(14)16(19)20/h3-9H,1-2H3,(H,17,18)(H,19,20). The van der Waals surface area contributed by atoms with Gasteiger partial charge in [0.2, 0.25) is 0 Å². The Bertz CT molecular complexity index is 694. The molecule has 1 amide bonds. The van der Waals surface area contributed by atoms with E-state index in [4.69, 9.17) is 4.74 Å². The second kappa shape index (κ2) is 6.09. The number of rotatable bonds is 4. The van der Waals surface area contributed by atoms with Crippen molar-refractivity contribution in [1.29, 1.82) is 0 Å². The lowest BCUT2D eigenvalue weighted by Crippen LogP contribution is -2.16. The second-order valence-corrected chi connectivity index (χ2v) is 4.49. The Hall–Kier alpha value is -2.82. The number of hydrogen-bond donors (Lipinski definition) is 2. The minimum absolute atomic E-state index is 0.0118. The van der Waals surface area contributed by atoms with E-state index in [2.05, 4.69) is 5.32 Å². The average molecular weight is 285 g/mol. The fourth-order valence-corrected chi connectivity index (χ4v) is 1.96. The molecule has 0 aliphatic carbocycles. The lowest BCUT2D eigenvalue weighted by molar-refractivity contribution is 0.0698. The highest BCUT2D eigenvalue weighted by Crippen LogP contribution is 2.23. The number of carboxylic acid groups (broad SMARTS) is 1. The highest BCUT2D eigenvalue weighted by Gasteiger charge is 2.15. The number of anilines is 1. The van der Waals surface area contributed by atoms with Gasteiger partial charge >= 0.3 is 5.97 Å². The summed E-state index contributed by atoms with van der Waals surface area (Å²) in [7, 11) is 1.47. The molecule has 0 saturated carbocycles. The predicted molar refractivity (Wildman–Crippen MR) is 79.1 cm³/mol. The van der Waals surface area contributed by atoms with Gasteiger partial charge in [0.15, 0.2) is 0 Å². The van der Waals surface area contributed by atoms with Gasteiger partial charge in [-0.3, -0.25) is 4.79 Å². The first kappa shape index (κ1) is 14.6. The normalized spacial score (nSPS) is 10.0. The van der Waals surface area contributed by atoms with Crippen LogP contribution < -0.4 is 10.1 Å². The Morgan fingerprint density at radius 3 is 2.43 bits per heavy atom. The van der Waals surface area contributed by atoms with Crippen molar-refractivity contribution in [2.75, 3.05) is 12.4 Å². The summed E-state index contributed by atoms with van der Waals surface area (Å²) in [5, 5.41) is 11.8. The molecule has 0 aliphatic heterocycles. The van der Waals surface area contributed by atoms with Gasteiger partial charge in [-0.15, -0.1) is 0 Å². The van der Waals surface area contributed by atoms with Crippen molar-refractivity contribution in [3.63, 3.8) is 0 Å². The molecule has 0 fully saturated rings. The third kappa shape index (κ3) is 3.20. The van der Waals surface area contributed by atoms with Crippen LogP contribution in [0, 0.1) is 6.92 Å². The molecule has 0 saturated heterocycles. The van der Waals surface area contributed by atoms with Gasteiger partial charge in [0, 0.05) is 11.6 Å². The van der Waals surface area contributed by atoms with Gasteiger partial charge in [-0.05, 0) is 30.7 Å². The number of carbonyl (C=O) groups is 2. The van der Waals surface area contributed by atoms with Crippen molar-refractivity contribution < 1.29 is 19.4 Å². The predicted octanol–water partition coefficient (Wildman–Crippen LogP) is 2.95. The zero-order chi connectivity index (χ0) is 15.4. The van der Waals surface area contributed by atoms with E-state index in [1.54, 1.807) is 12.1 Å². The summed E-state index contributed by atoms with van der Waals surface area (Å²) in [4.78, 5) is 23.5. The topological polar surface area (TPSA) is 75.6 Å². The number of amides is 1. The van der Waals surface area contributed by atoms with Crippen molar-refractivity contribution in [2.45, 2.75) is 6.92 Å². The monoisotopic (exact) mass is 285 g/mol. The van der Waals surface area contributed by atoms with Gasteiger partial charge in [0.25, 0.3) is 5.91 Å². The second-order valence-electron chi connectivity index (χ2n) is 4.49. The lowest BCUT2D eigenvalue weighted by Gasteiger charge is -2.11. The molecular weight excluding hydrogens is 270 g/mol. The van der Waals surface area contributed by atoms with Crippen LogP contribution in [0.5, 0.6) is 5.75 Å². The molecule has 108 valence electrons. The fraction of sp³-hybridized carbons (Fsp3) is 0.125. The van der Waals surface area contributed by atoms with E-state index in [1.165, 1.54) is 25.3 Å². The number of benzene rings is 2. The summed E-state index contributed by atoms with van der Waals surface area (Å²) in [6.45, 7) is 1.82. The van der Waals surface area contributed by atoms with Crippen LogP contribution in [0.2, 0.25) is 0 Å². The maximum atomic E-state index is 12.3. The molecule has 0 bridgehead atoms. The van der Waals surface area contributed by atoms with Crippen molar-refractivity contribution >= 4 is 17.6 Å². The molecule has 2 aromatic rings. The molecule has 0 radical (unpaired) electrons. The Kier molecular flexibility index (Phi) is 4.23. The summed E-state index contributed by atoms with van der Waals surface area (Å²) in [5.41, 5.74) is 1.53. The van der Waals surface area contributed by atoms with Gasteiger partial charge in [-0.2, -0.15) is 0 Å². The number of nitrogens with one attached hydrogen (secondary N) is 1. The van der Waals surface area contributed by atoms with Crippen molar-refractivity contribution in [3.8, 4) is 5.75 Å². The minimum atomic E-state index is -1.11. The van der Waals surface area contributed by atoms with Crippen LogP contribution in [0.3, 0.4) is 0 Å². The number of carbonyl (C=O) groups excluding carboxylic acids is 1. The highest BCUT2D eigenvalue weighted by molar-refractivity contribution is 6.08. The molecule has 0 spiro atoms. The Balaban J connectivity index is 2.36. The van der Waals surface area contributed by atoms with Crippen LogP contribution >= 0.6 is 0 Å². The van der Waals surface area contributed by atoms with Crippen LogP contribution in [0.4, 0.5) is 5.69 Å². The van der Waals surface area contributed by atoms with Crippen LogP contribution in [0.15, 0.2) is 42.5 Å². The Morgan fingerprint density at radius 1 is 1.10 bits per heavy atom. The maximum absolute atomic E-state index is 12.3. The molecule has 0 heterocycles. The molecule has 2 N–H and O–H groups in total. The summed E-state index contributed by atoms with van der Waals surface area (Å²) in [5.74, 6) is -0.998. The third-order valence-electron chi connectivity index (χ3n) is 3.10. The zero-order valence-electron chi connectivity index (χ0n) is 11.7. The van der Waals surface area contributed by atoms with Crippen LogP contribution in [0.1, 0.15) is 26.3 Å². The SMILES string of the molecule is COc1ccc(C(=O)O)c(NC(=O)c2ccccc2C)c1. The highest BCUT2D eigenvalue weighted by atomic mass is 16.5. The molecule has 0 atom stereocenters. The molecule has 21 heavy (non-hydrogen) atoms. The molecule has 5 nitrogen and oxygen atoms in total. The summed E-state index contributed by atoms with van der Waals surface area (Å²) < 4.78 is 5.06. The van der Waals surface area contributed by atoms with E-state index in [-0.39, 0.29) is 17.2 Å². The fourth-order valence-electron chi connectivity index (χ4n) is 1.96. The van der Waals surface area contributed by atoms with Crippen molar-refractivity contribution in [2.24, 2.45) is 0 Å². The Labute approximate surface area is 122 Å². The molecular formula is C16H15NO4. The van der Waals surface area contributed by atoms with E-state index >= 15 is 0 Å². The number of ether oxygens (including phenoxy) is 1. The quantitative estimate of drug-likeness (QED) is 0.905. The minimum Gasteiger partial charge on any atom is -0.497 e. The van der Waals surface area contributed by atoms with Gasteiger partial charge < -0.3 is 15.2 Å². The summed E-state index contributed by atoms with van der Waals surface area (Å²) in [6, 6.07) is 11.5. The van der Waals surface area contributed by atoms with E-state index in [1.807, 2.05) is 19.1 Å². The molecule has 0 unspecified atom stereocenters. The summed E-state index contributed by atoms with van der Waals surface area (Å²) in [6.07, 6.45) is 0. The first-order chi connectivity index (χ1) is 10.0. The van der Waals surface area contributed by atoms with E-state index in [0.29, 0.717) is 11.3 Å². The van der Waals surface area contributed by atoms with Gasteiger partial charge in [0.1, 0.15) is 5.75 Å². The van der Waals surface area contributed by atoms with Gasteiger partial charge in [-0.1, -0.05) is 18.2 Å². The first-order valence-corrected chi connectivity index (χ1v) is 6.31. The van der Waals surface area contributed by atoms with Gasteiger partial charge in [0.05, 0.1) is 18.4 Å². The maximum Gasteiger partial charge on any atom is 0.337 e. The summed E-state index contributed by atoms with van der Waals surface area (Å²) >= 11 is 0. The smallest absolute Gasteiger partial charge is 0.337 e. The largest absolute Gasteiger partial charge is 0.497 e. The van der Waals surface area contributed by atoms with Crippen molar-refractivity contribution in [3.05, 3.63) is 59.2 Å². The molecule has 2 aromatic carbocycles. The molecule has 2 rings (SSSR count). The zero-order valence-corrected chi connectivity index (χ0v) is 11.7. The van der Waals surface area contributed by atoms with Crippen LogP contribution in [-0.4, -0.2) is 24.1 Å². The lowest BCUT2D eigenvalue weighted by atomic mass is 10.1. The first-order valence-electron chi connectivity index (χ1n) is 6.31. The number of hydrogen-bond acceptors (Lipinski definition) is 3. The Morgan fingerprint density at radius 2 is 1.81 bits per heavy atom. The molecule has 0 aromatic heterocycles. The van der Waals surface area contributed by atoms with Crippen LogP contribution in [0.25, 0.3) is 0 Å². The van der Waals surface area contributed by atoms with Crippen LogP contribution in [-0.2, 0) is 0 Å². The third-order valence-corrected chi connectivity index (χ3v) is 3.10. The number of aromatic carboxylic acids is 1. The number of methoxy groups -OCH3 is 1. The van der Waals surface area contributed by atoms with Gasteiger partial charge in [-0.25, -0.2) is 4.79 Å². The van der Waals surface area contributed by atoms with E-state index in [0.717, 1.165) is 5.56 Å².